The van der Waals surface area contributed by atoms with Gasteiger partial charge in [-0.25, -0.2) is 0 Å². The summed E-state index contributed by atoms with van der Waals surface area (Å²) < 4.78 is 0. The summed E-state index contributed by atoms with van der Waals surface area (Å²) in [6.45, 7) is 3.96. The van der Waals surface area contributed by atoms with Crippen LogP contribution in [0.25, 0.3) is 0 Å². The Kier molecular flexibility index (Phi) is 4.20. The van der Waals surface area contributed by atoms with E-state index in [-0.39, 0.29) is 12.0 Å². The number of hydrogen-bond donors (Lipinski definition) is 0. The molecular formula is C11H19NOS. The van der Waals surface area contributed by atoms with Gasteiger partial charge in [0.15, 0.2) is 5.78 Å². The lowest BCUT2D eigenvalue weighted by Gasteiger charge is -2.29. The average Bonchev–Trinajstić information content (AvgIpc) is 2.56. The lowest BCUT2D eigenvalue weighted by atomic mass is 9.97. The van der Waals surface area contributed by atoms with Crippen molar-refractivity contribution in [3.8, 4) is 0 Å². The number of hydrogen-bond acceptors (Lipinski definition) is 3. The van der Waals surface area contributed by atoms with Crippen LogP contribution in [0.1, 0.15) is 20.3 Å². The fourth-order valence-corrected chi connectivity index (χ4v) is 2.89. The minimum Gasteiger partial charge on any atom is -0.299 e. The highest BCUT2D eigenvalue weighted by Gasteiger charge is 2.32. The molecule has 0 saturated carbocycles. The topological polar surface area (TPSA) is 20.3 Å². The molecule has 0 aromatic rings. The molecule has 2 atom stereocenters. The van der Waals surface area contributed by atoms with E-state index in [1.54, 1.807) is 11.8 Å². The normalized spacial score (nSPS) is 23.4. The number of carbonyl (C=O) groups excluding carboxylic acids is 1. The van der Waals surface area contributed by atoms with Crippen molar-refractivity contribution >= 4 is 17.5 Å². The summed E-state index contributed by atoms with van der Waals surface area (Å²) in [5.41, 5.74) is 0. The van der Waals surface area contributed by atoms with Crippen molar-refractivity contribution in [1.29, 1.82) is 0 Å². The fourth-order valence-electron chi connectivity index (χ4n) is 1.72. The molecule has 1 heterocycles. The van der Waals surface area contributed by atoms with Gasteiger partial charge in [-0.1, -0.05) is 19.9 Å². The van der Waals surface area contributed by atoms with Crippen LogP contribution in [0.5, 0.6) is 0 Å². The van der Waals surface area contributed by atoms with E-state index in [0.717, 1.165) is 6.42 Å². The summed E-state index contributed by atoms with van der Waals surface area (Å²) >= 11 is 1.78. The van der Waals surface area contributed by atoms with E-state index in [9.17, 15) is 4.79 Å². The molecule has 2 unspecified atom stereocenters. The SMILES string of the molecule is CC(C)C(=O)C(C1CC=CS1)N(C)C. The van der Waals surface area contributed by atoms with Gasteiger partial charge in [0.05, 0.1) is 6.04 Å². The first-order valence-electron chi connectivity index (χ1n) is 5.04. The molecule has 0 spiro atoms. The molecule has 0 aliphatic carbocycles. The highest BCUT2D eigenvalue weighted by molar-refractivity contribution is 8.03. The molecule has 14 heavy (non-hydrogen) atoms. The lowest BCUT2D eigenvalue weighted by molar-refractivity contribution is -0.126. The van der Waals surface area contributed by atoms with Crippen LogP contribution in [-0.4, -0.2) is 36.1 Å². The maximum Gasteiger partial charge on any atom is 0.153 e. The second-order valence-corrected chi connectivity index (χ2v) is 5.40. The summed E-state index contributed by atoms with van der Waals surface area (Å²) in [4.78, 5) is 14.0. The molecule has 0 fully saturated rings. The molecule has 0 aromatic carbocycles. The first-order valence-corrected chi connectivity index (χ1v) is 5.99. The Labute approximate surface area is 90.7 Å². The van der Waals surface area contributed by atoms with Crippen molar-refractivity contribution < 1.29 is 4.79 Å². The zero-order valence-electron chi connectivity index (χ0n) is 9.36. The monoisotopic (exact) mass is 213 g/mol. The summed E-state index contributed by atoms with van der Waals surface area (Å²) in [5, 5.41) is 2.52. The zero-order chi connectivity index (χ0) is 10.7. The summed E-state index contributed by atoms with van der Waals surface area (Å²) in [7, 11) is 3.98. The molecule has 0 aromatic heterocycles. The van der Waals surface area contributed by atoms with Gasteiger partial charge in [-0.2, -0.15) is 0 Å². The first-order chi connectivity index (χ1) is 6.54. The van der Waals surface area contributed by atoms with Gasteiger partial charge >= 0.3 is 0 Å². The molecule has 80 valence electrons. The predicted octanol–water partition coefficient (Wildman–Crippen LogP) is 2.16. The number of carbonyl (C=O) groups is 1. The number of ketones is 1. The molecule has 1 rings (SSSR count). The van der Waals surface area contributed by atoms with E-state index < -0.39 is 0 Å². The molecule has 1 aliphatic rings. The van der Waals surface area contributed by atoms with Crippen LogP contribution in [0.2, 0.25) is 0 Å². The third kappa shape index (κ3) is 2.61. The quantitative estimate of drug-likeness (QED) is 0.714. The van der Waals surface area contributed by atoms with Crippen molar-refractivity contribution in [2.24, 2.45) is 5.92 Å². The van der Waals surface area contributed by atoms with Gasteiger partial charge in [-0.05, 0) is 25.9 Å². The summed E-state index contributed by atoms with van der Waals surface area (Å²) in [5.74, 6) is 0.486. The Morgan fingerprint density at radius 2 is 2.14 bits per heavy atom. The smallest absolute Gasteiger partial charge is 0.153 e. The van der Waals surface area contributed by atoms with Crippen molar-refractivity contribution in [2.45, 2.75) is 31.6 Å². The Morgan fingerprint density at radius 1 is 1.50 bits per heavy atom. The number of Topliss-reactive ketones (excluding diaryl/α,β-unsaturated/α-hetero) is 1. The zero-order valence-corrected chi connectivity index (χ0v) is 10.2. The summed E-state index contributed by atoms with van der Waals surface area (Å²) in [6.07, 6.45) is 3.17. The number of likely N-dealkylation sites (N-methyl/N-ethyl adjacent to an activating group) is 1. The predicted molar refractivity (Wildman–Crippen MR) is 62.5 cm³/mol. The molecule has 2 nitrogen and oxygen atoms in total. The van der Waals surface area contributed by atoms with Crippen LogP contribution in [0, 0.1) is 5.92 Å². The Hall–Kier alpha value is -0.280. The maximum atomic E-state index is 12.0. The van der Waals surface area contributed by atoms with Crippen LogP contribution in [0.3, 0.4) is 0 Å². The van der Waals surface area contributed by atoms with Gasteiger partial charge in [0, 0.05) is 11.2 Å². The minimum atomic E-state index is 0.0648. The Balaban J connectivity index is 2.68. The number of nitrogens with zero attached hydrogens (tertiary/aromatic N) is 1. The van der Waals surface area contributed by atoms with Crippen LogP contribution in [0.4, 0.5) is 0 Å². The standard InChI is InChI=1S/C11H19NOS/c1-8(2)11(13)10(12(3)4)9-6-5-7-14-9/h5,7-10H,6H2,1-4H3. The van der Waals surface area contributed by atoms with E-state index in [1.807, 2.05) is 32.8 Å². The average molecular weight is 213 g/mol. The second kappa shape index (κ2) is 4.99. The van der Waals surface area contributed by atoms with Crippen molar-refractivity contribution in [1.82, 2.24) is 4.90 Å². The van der Waals surface area contributed by atoms with Crippen molar-refractivity contribution in [2.75, 3.05) is 14.1 Å². The lowest BCUT2D eigenvalue weighted by Crippen LogP contribution is -2.44. The van der Waals surface area contributed by atoms with Crippen molar-refractivity contribution in [3.63, 3.8) is 0 Å². The van der Waals surface area contributed by atoms with Crippen LogP contribution in [-0.2, 0) is 4.79 Å². The third-order valence-electron chi connectivity index (χ3n) is 2.49. The molecular weight excluding hydrogens is 194 g/mol. The van der Waals surface area contributed by atoms with Crippen molar-refractivity contribution in [3.05, 3.63) is 11.5 Å². The van der Waals surface area contributed by atoms with Gasteiger partial charge in [0.2, 0.25) is 0 Å². The Morgan fingerprint density at radius 3 is 2.50 bits per heavy atom. The largest absolute Gasteiger partial charge is 0.299 e. The van der Waals surface area contributed by atoms with Gasteiger partial charge in [0.25, 0.3) is 0 Å². The minimum absolute atomic E-state index is 0.0648. The fraction of sp³-hybridized carbons (Fsp3) is 0.727. The van der Waals surface area contributed by atoms with E-state index >= 15 is 0 Å². The van der Waals surface area contributed by atoms with Crippen LogP contribution in [0.15, 0.2) is 11.5 Å². The highest BCUT2D eigenvalue weighted by Crippen LogP contribution is 2.30. The molecule has 0 amide bonds. The van der Waals surface area contributed by atoms with Gasteiger partial charge in [-0.3, -0.25) is 9.69 Å². The van der Waals surface area contributed by atoms with Gasteiger partial charge in [-0.15, -0.1) is 11.8 Å². The molecule has 0 N–H and O–H groups in total. The third-order valence-corrected chi connectivity index (χ3v) is 3.64. The van der Waals surface area contributed by atoms with E-state index in [2.05, 4.69) is 11.5 Å². The summed E-state index contributed by atoms with van der Waals surface area (Å²) in [6, 6.07) is 0.0648. The number of thioether (sulfide) groups is 1. The molecule has 3 heteroatoms. The maximum absolute atomic E-state index is 12.0. The highest BCUT2D eigenvalue weighted by atomic mass is 32.2. The second-order valence-electron chi connectivity index (χ2n) is 4.25. The van der Waals surface area contributed by atoms with Crippen LogP contribution < -0.4 is 0 Å². The van der Waals surface area contributed by atoms with E-state index in [1.165, 1.54) is 0 Å². The number of allylic oxidation sites excluding steroid dienone is 1. The molecule has 0 saturated heterocycles. The van der Waals surface area contributed by atoms with E-state index in [4.69, 9.17) is 0 Å². The molecule has 0 bridgehead atoms. The molecule has 1 aliphatic heterocycles. The Bertz CT molecular complexity index is 227. The first kappa shape index (κ1) is 11.8. The van der Waals surface area contributed by atoms with Gasteiger partial charge in [0.1, 0.15) is 0 Å². The van der Waals surface area contributed by atoms with Gasteiger partial charge < -0.3 is 0 Å². The molecule has 0 radical (unpaired) electrons. The van der Waals surface area contributed by atoms with Crippen LogP contribution >= 0.6 is 11.8 Å². The van der Waals surface area contributed by atoms with E-state index in [0.29, 0.717) is 11.0 Å². The number of rotatable bonds is 4.